The van der Waals surface area contributed by atoms with Crippen LogP contribution >= 0.6 is 0 Å². The van der Waals surface area contributed by atoms with Crippen molar-refractivity contribution >= 4 is 0 Å². The molecule has 0 radical (unpaired) electrons. The van der Waals surface area contributed by atoms with E-state index in [1.54, 1.807) is 12.4 Å². The van der Waals surface area contributed by atoms with Crippen molar-refractivity contribution in [2.75, 3.05) is 0 Å². The standard InChI is InChI=1S/C11H16N2O/c1-9-7-12-11(13-8-9)14-10-5-3-2-4-6-10/h7-8,10H,2-6H2,1H3. The molecule has 1 aliphatic rings. The minimum absolute atomic E-state index is 0.339. The number of hydrogen-bond acceptors (Lipinski definition) is 3. The molecule has 0 amide bonds. The van der Waals surface area contributed by atoms with Gasteiger partial charge in [-0.1, -0.05) is 6.42 Å². The van der Waals surface area contributed by atoms with Gasteiger partial charge in [0.25, 0.3) is 0 Å². The van der Waals surface area contributed by atoms with Crippen LogP contribution in [0.25, 0.3) is 0 Å². The first-order chi connectivity index (χ1) is 6.84. The minimum atomic E-state index is 0.339. The summed E-state index contributed by atoms with van der Waals surface area (Å²) in [5.41, 5.74) is 1.07. The van der Waals surface area contributed by atoms with Crippen molar-refractivity contribution in [3.63, 3.8) is 0 Å². The molecule has 0 aromatic carbocycles. The van der Waals surface area contributed by atoms with E-state index in [-0.39, 0.29) is 0 Å². The summed E-state index contributed by atoms with van der Waals surface area (Å²) in [7, 11) is 0. The molecule has 1 aliphatic carbocycles. The minimum Gasteiger partial charge on any atom is -0.460 e. The van der Waals surface area contributed by atoms with Crippen molar-refractivity contribution < 1.29 is 4.74 Å². The topological polar surface area (TPSA) is 35.0 Å². The zero-order valence-corrected chi connectivity index (χ0v) is 8.57. The molecule has 0 unspecified atom stereocenters. The van der Waals surface area contributed by atoms with Gasteiger partial charge >= 0.3 is 6.01 Å². The third kappa shape index (κ3) is 2.44. The van der Waals surface area contributed by atoms with E-state index >= 15 is 0 Å². The smallest absolute Gasteiger partial charge is 0.316 e. The molecule has 76 valence electrons. The highest BCUT2D eigenvalue weighted by molar-refractivity contribution is 5.04. The molecule has 0 bridgehead atoms. The largest absolute Gasteiger partial charge is 0.460 e. The van der Waals surface area contributed by atoms with Gasteiger partial charge in [0.15, 0.2) is 0 Å². The van der Waals surface area contributed by atoms with Crippen molar-refractivity contribution in [1.29, 1.82) is 0 Å². The lowest BCUT2D eigenvalue weighted by atomic mass is 9.98. The summed E-state index contributed by atoms with van der Waals surface area (Å²) in [5, 5.41) is 0. The van der Waals surface area contributed by atoms with Crippen molar-refractivity contribution in [3.8, 4) is 6.01 Å². The molecule has 2 rings (SSSR count). The molecule has 1 saturated carbocycles. The average Bonchev–Trinajstić information content (AvgIpc) is 2.23. The molecule has 1 heterocycles. The third-order valence-corrected chi connectivity index (χ3v) is 2.58. The monoisotopic (exact) mass is 192 g/mol. The maximum atomic E-state index is 5.69. The van der Waals surface area contributed by atoms with Crippen LogP contribution in [0.1, 0.15) is 37.7 Å². The van der Waals surface area contributed by atoms with E-state index in [0.717, 1.165) is 18.4 Å². The van der Waals surface area contributed by atoms with E-state index in [1.165, 1.54) is 19.3 Å². The molecule has 0 aliphatic heterocycles. The average molecular weight is 192 g/mol. The van der Waals surface area contributed by atoms with Gasteiger partial charge in [0.2, 0.25) is 0 Å². The zero-order chi connectivity index (χ0) is 9.80. The number of nitrogens with zero attached hydrogens (tertiary/aromatic N) is 2. The molecule has 0 saturated heterocycles. The molecular weight excluding hydrogens is 176 g/mol. The molecule has 1 aromatic heterocycles. The number of hydrogen-bond donors (Lipinski definition) is 0. The van der Waals surface area contributed by atoms with Crippen molar-refractivity contribution in [2.45, 2.75) is 45.1 Å². The second kappa shape index (κ2) is 4.40. The SMILES string of the molecule is Cc1cnc(OC2CCCCC2)nc1. The lowest BCUT2D eigenvalue weighted by molar-refractivity contribution is 0.141. The highest BCUT2D eigenvalue weighted by Gasteiger charge is 2.15. The van der Waals surface area contributed by atoms with Crippen LogP contribution in [0.5, 0.6) is 6.01 Å². The van der Waals surface area contributed by atoms with Gasteiger partial charge < -0.3 is 4.74 Å². The summed E-state index contributed by atoms with van der Waals surface area (Å²) in [5.74, 6) is 0. The summed E-state index contributed by atoms with van der Waals surface area (Å²) >= 11 is 0. The van der Waals surface area contributed by atoms with E-state index in [4.69, 9.17) is 4.74 Å². The second-order valence-corrected chi connectivity index (χ2v) is 3.92. The van der Waals surface area contributed by atoms with E-state index in [1.807, 2.05) is 6.92 Å². The van der Waals surface area contributed by atoms with E-state index in [2.05, 4.69) is 9.97 Å². The predicted molar refractivity (Wildman–Crippen MR) is 54.3 cm³/mol. The third-order valence-electron chi connectivity index (χ3n) is 2.58. The molecule has 0 atom stereocenters. The van der Waals surface area contributed by atoms with Gasteiger partial charge in [0, 0.05) is 12.4 Å². The van der Waals surface area contributed by atoms with Crippen LogP contribution in [0.4, 0.5) is 0 Å². The molecule has 0 spiro atoms. The van der Waals surface area contributed by atoms with Crippen LogP contribution in [-0.2, 0) is 0 Å². The van der Waals surface area contributed by atoms with Crippen LogP contribution < -0.4 is 4.74 Å². The Bertz CT molecular complexity index is 278. The first kappa shape index (κ1) is 9.44. The number of ether oxygens (including phenoxy) is 1. The van der Waals surface area contributed by atoms with Gasteiger partial charge in [-0.25, -0.2) is 9.97 Å². The van der Waals surface area contributed by atoms with Gasteiger partial charge in [-0.15, -0.1) is 0 Å². The molecule has 3 heteroatoms. The second-order valence-electron chi connectivity index (χ2n) is 3.92. The van der Waals surface area contributed by atoms with Crippen LogP contribution in [0.3, 0.4) is 0 Å². The maximum absolute atomic E-state index is 5.69. The van der Waals surface area contributed by atoms with Crippen LogP contribution in [-0.4, -0.2) is 16.1 Å². The van der Waals surface area contributed by atoms with Gasteiger partial charge in [-0.05, 0) is 38.2 Å². The Kier molecular flexibility index (Phi) is 2.96. The Balaban J connectivity index is 1.92. The Morgan fingerprint density at radius 2 is 1.79 bits per heavy atom. The molecular formula is C11H16N2O. The summed E-state index contributed by atoms with van der Waals surface area (Å²) in [6, 6.07) is 0.530. The van der Waals surface area contributed by atoms with Crippen LogP contribution in [0.2, 0.25) is 0 Å². The number of aryl methyl sites for hydroxylation is 1. The van der Waals surface area contributed by atoms with Crippen molar-refractivity contribution in [2.24, 2.45) is 0 Å². The first-order valence-corrected chi connectivity index (χ1v) is 5.30. The highest BCUT2D eigenvalue weighted by atomic mass is 16.5. The Labute approximate surface area is 84.5 Å². The summed E-state index contributed by atoms with van der Waals surface area (Å²) < 4.78 is 5.69. The highest BCUT2D eigenvalue weighted by Crippen LogP contribution is 2.20. The molecule has 0 N–H and O–H groups in total. The number of rotatable bonds is 2. The van der Waals surface area contributed by atoms with Gasteiger partial charge in [0.1, 0.15) is 6.10 Å². The maximum Gasteiger partial charge on any atom is 0.316 e. The first-order valence-electron chi connectivity index (χ1n) is 5.30. The van der Waals surface area contributed by atoms with Gasteiger partial charge in [0.05, 0.1) is 0 Å². The lowest BCUT2D eigenvalue weighted by Gasteiger charge is -2.21. The fraction of sp³-hybridized carbons (Fsp3) is 0.636. The normalized spacial score (nSPS) is 18.1. The molecule has 1 aromatic rings. The lowest BCUT2D eigenvalue weighted by Crippen LogP contribution is -2.20. The fourth-order valence-electron chi connectivity index (χ4n) is 1.77. The predicted octanol–water partition coefficient (Wildman–Crippen LogP) is 2.50. The van der Waals surface area contributed by atoms with Gasteiger partial charge in [-0.2, -0.15) is 0 Å². The van der Waals surface area contributed by atoms with Gasteiger partial charge in [-0.3, -0.25) is 0 Å². The Morgan fingerprint density at radius 1 is 1.14 bits per heavy atom. The van der Waals surface area contributed by atoms with E-state index < -0.39 is 0 Å². The van der Waals surface area contributed by atoms with Crippen LogP contribution in [0.15, 0.2) is 12.4 Å². The van der Waals surface area contributed by atoms with Crippen molar-refractivity contribution in [3.05, 3.63) is 18.0 Å². The number of aromatic nitrogens is 2. The Morgan fingerprint density at radius 3 is 2.43 bits per heavy atom. The van der Waals surface area contributed by atoms with E-state index in [0.29, 0.717) is 12.1 Å². The molecule has 14 heavy (non-hydrogen) atoms. The quantitative estimate of drug-likeness (QED) is 0.722. The molecule has 1 fully saturated rings. The van der Waals surface area contributed by atoms with Crippen LogP contribution in [0, 0.1) is 6.92 Å². The zero-order valence-electron chi connectivity index (χ0n) is 8.57. The Hall–Kier alpha value is -1.12. The summed E-state index contributed by atoms with van der Waals surface area (Å²) in [6.07, 6.45) is 10.1. The fourth-order valence-corrected chi connectivity index (χ4v) is 1.77. The van der Waals surface area contributed by atoms with E-state index in [9.17, 15) is 0 Å². The summed E-state index contributed by atoms with van der Waals surface area (Å²) in [4.78, 5) is 8.28. The molecule has 3 nitrogen and oxygen atoms in total. The summed E-state index contributed by atoms with van der Waals surface area (Å²) in [6.45, 7) is 1.98. The van der Waals surface area contributed by atoms with Crippen molar-refractivity contribution in [1.82, 2.24) is 9.97 Å².